The first kappa shape index (κ1) is 16.5. The normalized spacial score (nSPS) is 17.0. The Balaban J connectivity index is 1.56. The van der Waals surface area contributed by atoms with Crippen molar-refractivity contribution in [3.8, 4) is 17.0 Å². The number of methoxy groups -OCH3 is 1. The number of ether oxygens (including phenoxy) is 1. The van der Waals surface area contributed by atoms with E-state index in [2.05, 4.69) is 25.5 Å². The van der Waals surface area contributed by atoms with Crippen LogP contribution >= 0.6 is 0 Å². The molecule has 10 heteroatoms. The predicted molar refractivity (Wildman–Crippen MR) is 101 cm³/mol. The molecule has 0 radical (unpaired) electrons. The third kappa shape index (κ3) is 2.53. The van der Waals surface area contributed by atoms with Gasteiger partial charge >= 0.3 is 0 Å². The SMILES string of the molecule is COc1nc(N[C@H]2CCN(C)C2=O)nn2ccc(-c3ccc4ncnn4c3)c12. The minimum Gasteiger partial charge on any atom is -0.479 e. The Morgan fingerprint density at radius 1 is 1.25 bits per heavy atom. The molecule has 5 heterocycles. The Kier molecular flexibility index (Phi) is 3.64. The third-order valence-corrected chi connectivity index (χ3v) is 4.99. The number of carbonyl (C=O) groups excluding carboxylic acids is 1. The lowest BCUT2D eigenvalue weighted by Crippen LogP contribution is -2.31. The Labute approximate surface area is 159 Å². The zero-order valence-electron chi connectivity index (χ0n) is 15.4. The van der Waals surface area contributed by atoms with Gasteiger partial charge in [0.1, 0.15) is 17.9 Å². The number of anilines is 1. The van der Waals surface area contributed by atoms with Crippen molar-refractivity contribution in [1.29, 1.82) is 0 Å². The quantitative estimate of drug-likeness (QED) is 0.567. The number of fused-ring (bicyclic) bond motifs is 2. The van der Waals surface area contributed by atoms with Gasteiger partial charge in [0.15, 0.2) is 5.65 Å². The van der Waals surface area contributed by atoms with Crippen LogP contribution in [0.4, 0.5) is 5.95 Å². The first-order valence-corrected chi connectivity index (χ1v) is 8.88. The lowest BCUT2D eigenvalue weighted by Gasteiger charge is -2.13. The first-order chi connectivity index (χ1) is 13.6. The molecule has 4 aromatic heterocycles. The summed E-state index contributed by atoms with van der Waals surface area (Å²) < 4.78 is 8.95. The highest BCUT2D eigenvalue weighted by molar-refractivity contribution is 5.87. The van der Waals surface area contributed by atoms with Crippen molar-refractivity contribution >= 4 is 23.0 Å². The number of amides is 1. The van der Waals surface area contributed by atoms with Crippen LogP contribution < -0.4 is 10.1 Å². The van der Waals surface area contributed by atoms with Gasteiger partial charge in [0.25, 0.3) is 0 Å². The summed E-state index contributed by atoms with van der Waals surface area (Å²) >= 11 is 0. The second-order valence-electron chi connectivity index (χ2n) is 6.69. The standard InChI is InChI=1S/C18H18N8O2/c1-24-7-6-13(17(24)27)21-18-22-16(28-2)15-12(5-8-25(15)23-18)11-3-4-14-19-10-20-26(14)9-11/h3-5,8-10,13H,6-7H2,1-2H3,(H,21,23)/t13-/m0/s1. The van der Waals surface area contributed by atoms with Gasteiger partial charge in [-0.25, -0.2) is 14.0 Å². The number of likely N-dealkylation sites (tertiary alicyclic amines) is 1. The second-order valence-corrected chi connectivity index (χ2v) is 6.69. The molecule has 1 aliphatic rings. The van der Waals surface area contributed by atoms with E-state index < -0.39 is 0 Å². The molecule has 1 atom stereocenters. The second kappa shape index (κ2) is 6.19. The predicted octanol–water partition coefficient (Wildman–Crippen LogP) is 1.09. The number of nitrogens with one attached hydrogen (secondary N) is 1. The van der Waals surface area contributed by atoms with E-state index in [-0.39, 0.29) is 11.9 Å². The van der Waals surface area contributed by atoms with Gasteiger partial charge in [0.05, 0.1) is 7.11 Å². The number of nitrogens with zero attached hydrogens (tertiary/aromatic N) is 7. The molecule has 28 heavy (non-hydrogen) atoms. The van der Waals surface area contributed by atoms with E-state index in [9.17, 15) is 4.79 Å². The molecule has 10 nitrogen and oxygen atoms in total. The maximum Gasteiger partial charge on any atom is 0.244 e. The zero-order valence-corrected chi connectivity index (χ0v) is 15.4. The fraction of sp³-hybridized carbons (Fsp3) is 0.278. The number of hydrogen-bond acceptors (Lipinski definition) is 7. The number of rotatable bonds is 4. The van der Waals surface area contributed by atoms with Gasteiger partial charge in [0.2, 0.25) is 17.7 Å². The molecule has 0 spiro atoms. The van der Waals surface area contributed by atoms with Crippen LogP contribution in [0.3, 0.4) is 0 Å². The Morgan fingerprint density at radius 3 is 2.93 bits per heavy atom. The van der Waals surface area contributed by atoms with Crippen LogP contribution in [0, 0.1) is 0 Å². The van der Waals surface area contributed by atoms with E-state index in [1.54, 1.807) is 28.1 Å². The number of carbonyl (C=O) groups is 1. The van der Waals surface area contributed by atoms with Crippen molar-refractivity contribution in [1.82, 2.24) is 34.1 Å². The van der Waals surface area contributed by atoms with Crippen molar-refractivity contribution in [3.05, 3.63) is 36.9 Å². The Hall–Kier alpha value is -3.69. The highest BCUT2D eigenvalue weighted by atomic mass is 16.5. The fourth-order valence-electron chi connectivity index (χ4n) is 3.52. The molecular weight excluding hydrogens is 360 g/mol. The maximum absolute atomic E-state index is 12.2. The lowest BCUT2D eigenvalue weighted by atomic mass is 10.1. The van der Waals surface area contributed by atoms with E-state index >= 15 is 0 Å². The van der Waals surface area contributed by atoms with Gasteiger partial charge in [-0.05, 0) is 24.6 Å². The molecule has 1 amide bonds. The molecule has 0 unspecified atom stereocenters. The maximum atomic E-state index is 12.2. The number of aromatic nitrogens is 6. The van der Waals surface area contributed by atoms with Crippen LogP contribution in [0.5, 0.6) is 5.88 Å². The number of hydrogen-bond donors (Lipinski definition) is 1. The molecule has 1 aliphatic heterocycles. The van der Waals surface area contributed by atoms with Crippen molar-refractivity contribution in [2.45, 2.75) is 12.5 Å². The fourth-order valence-corrected chi connectivity index (χ4v) is 3.52. The molecule has 1 fully saturated rings. The Morgan fingerprint density at radius 2 is 2.14 bits per heavy atom. The van der Waals surface area contributed by atoms with E-state index in [0.29, 0.717) is 24.8 Å². The number of likely N-dealkylation sites (N-methyl/N-ethyl adjacent to an activating group) is 1. The monoisotopic (exact) mass is 378 g/mol. The average Bonchev–Trinajstić information content (AvgIpc) is 3.42. The van der Waals surface area contributed by atoms with Crippen molar-refractivity contribution in [2.24, 2.45) is 0 Å². The summed E-state index contributed by atoms with van der Waals surface area (Å²) in [6.07, 6.45) is 5.97. The minimum atomic E-state index is -0.322. The molecule has 0 saturated carbocycles. The summed E-state index contributed by atoms with van der Waals surface area (Å²) in [6, 6.07) is 5.50. The summed E-state index contributed by atoms with van der Waals surface area (Å²) in [5.41, 5.74) is 3.36. The van der Waals surface area contributed by atoms with Crippen LogP contribution in [0.15, 0.2) is 36.9 Å². The van der Waals surface area contributed by atoms with Gasteiger partial charge < -0.3 is 15.0 Å². The van der Waals surface area contributed by atoms with Gasteiger partial charge in [-0.3, -0.25) is 4.79 Å². The number of pyridine rings is 1. The minimum absolute atomic E-state index is 0.0389. The van der Waals surface area contributed by atoms with Crippen LogP contribution in [-0.4, -0.2) is 66.7 Å². The third-order valence-electron chi connectivity index (χ3n) is 4.99. The van der Waals surface area contributed by atoms with E-state index in [1.165, 1.54) is 6.33 Å². The van der Waals surface area contributed by atoms with Crippen LogP contribution in [-0.2, 0) is 4.79 Å². The van der Waals surface area contributed by atoms with Crippen molar-refractivity contribution in [3.63, 3.8) is 0 Å². The molecular formula is C18H18N8O2. The van der Waals surface area contributed by atoms with Crippen LogP contribution in [0.25, 0.3) is 22.3 Å². The summed E-state index contributed by atoms with van der Waals surface area (Å²) in [5.74, 6) is 0.818. The van der Waals surface area contributed by atoms with Gasteiger partial charge in [-0.15, -0.1) is 5.10 Å². The molecule has 1 saturated heterocycles. The molecule has 0 aliphatic carbocycles. The Bertz CT molecular complexity index is 1200. The zero-order chi connectivity index (χ0) is 19.3. The highest BCUT2D eigenvalue weighted by Gasteiger charge is 2.30. The van der Waals surface area contributed by atoms with Crippen molar-refractivity contribution in [2.75, 3.05) is 26.0 Å². The van der Waals surface area contributed by atoms with E-state index in [4.69, 9.17) is 4.74 Å². The van der Waals surface area contributed by atoms with Gasteiger partial charge in [-0.2, -0.15) is 10.1 Å². The summed E-state index contributed by atoms with van der Waals surface area (Å²) in [6.45, 7) is 0.717. The largest absolute Gasteiger partial charge is 0.479 e. The van der Waals surface area contributed by atoms with Gasteiger partial charge in [0, 0.05) is 37.1 Å². The summed E-state index contributed by atoms with van der Waals surface area (Å²) in [7, 11) is 3.36. The molecule has 0 aromatic carbocycles. The molecule has 5 rings (SSSR count). The topological polar surface area (TPSA) is 102 Å². The lowest BCUT2D eigenvalue weighted by molar-refractivity contribution is -0.127. The van der Waals surface area contributed by atoms with E-state index in [0.717, 1.165) is 22.3 Å². The molecule has 142 valence electrons. The van der Waals surface area contributed by atoms with E-state index in [1.807, 2.05) is 30.6 Å². The highest BCUT2D eigenvalue weighted by Crippen LogP contribution is 2.31. The molecule has 1 N–H and O–H groups in total. The first-order valence-electron chi connectivity index (χ1n) is 8.88. The average molecular weight is 378 g/mol. The van der Waals surface area contributed by atoms with Gasteiger partial charge in [-0.1, -0.05) is 0 Å². The van der Waals surface area contributed by atoms with Crippen LogP contribution in [0.2, 0.25) is 0 Å². The molecule has 4 aromatic rings. The summed E-state index contributed by atoms with van der Waals surface area (Å²) in [4.78, 5) is 22.5. The smallest absolute Gasteiger partial charge is 0.244 e. The van der Waals surface area contributed by atoms with Crippen LogP contribution in [0.1, 0.15) is 6.42 Å². The summed E-state index contributed by atoms with van der Waals surface area (Å²) in [5, 5.41) is 11.8. The molecule has 0 bridgehead atoms. The van der Waals surface area contributed by atoms with Crippen molar-refractivity contribution < 1.29 is 9.53 Å².